The molecule has 1 aliphatic rings. The van der Waals surface area contributed by atoms with E-state index in [1.165, 1.54) is 16.4 Å². The monoisotopic (exact) mass is 419 g/mol. The Bertz CT molecular complexity index is 988. The van der Waals surface area contributed by atoms with E-state index < -0.39 is 14.9 Å². The topological polar surface area (TPSA) is 109 Å². The van der Waals surface area contributed by atoms with Gasteiger partial charge in [0.25, 0.3) is 5.69 Å². The number of pyridine rings is 1. The first-order chi connectivity index (χ1) is 13.8. The first-order valence-electron chi connectivity index (χ1n) is 9.44. The summed E-state index contributed by atoms with van der Waals surface area (Å²) < 4.78 is 27.1. The molecule has 2 aromatic rings. The van der Waals surface area contributed by atoms with E-state index in [2.05, 4.69) is 10.3 Å². The van der Waals surface area contributed by atoms with E-state index in [1.54, 1.807) is 12.3 Å². The van der Waals surface area contributed by atoms with Crippen molar-refractivity contribution in [2.24, 2.45) is 0 Å². The van der Waals surface area contributed by atoms with Crippen molar-refractivity contribution in [2.75, 3.05) is 37.4 Å². The van der Waals surface area contributed by atoms with Crippen LogP contribution in [0.2, 0.25) is 0 Å². The quantitative estimate of drug-likeness (QED) is 0.543. The average Bonchev–Trinajstić information content (AvgIpc) is 2.72. The number of piperidine rings is 1. The number of hydrogen-bond acceptors (Lipinski definition) is 7. The van der Waals surface area contributed by atoms with Crippen molar-refractivity contribution in [1.29, 1.82) is 0 Å². The lowest BCUT2D eigenvalue weighted by molar-refractivity contribution is -0.384. The lowest BCUT2D eigenvalue weighted by Gasteiger charge is -2.25. The van der Waals surface area contributed by atoms with Crippen LogP contribution >= 0.6 is 0 Å². The largest absolute Gasteiger partial charge is 0.375 e. The molecule has 1 saturated heterocycles. The van der Waals surface area contributed by atoms with Crippen molar-refractivity contribution in [2.45, 2.75) is 30.7 Å². The van der Waals surface area contributed by atoms with Crippen LogP contribution in [0.1, 0.15) is 24.8 Å². The molecule has 0 radical (unpaired) electrons. The van der Waals surface area contributed by atoms with Gasteiger partial charge in [0.2, 0.25) is 10.0 Å². The van der Waals surface area contributed by atoms with Gasteiger partial charge in [0, 0.05) is 51.6 Å². The molecule has 0 saturated carbocycles. The number of nitrogens with one attached hydrogen (secondary N) is 1. The van der Waals surface area contributed by atoms with E-state index in [-0.39, 0.29) is 16.3 Å². The molecule has 0 spiro atoms. The van der Waals surface area contributed by atoms with Gasteiger partial charge < -0.3 is 10.2 Å². The maximum absolute atomic E-state index is 12.8. The number of nitrogens with zero attached hydrogens (tertiary/aromatic N) is 4. The second-order valence-corrected chi connectivity index (χ2v) is 9.07. The highest BCUT2D eigenvalue weighted by Crippen LogP contribution is 2.30. The Morgan fingerprint density at radius 1 is 1.21 bits per heavy atom. The van der Waals surface area contributed by atoms with Crippen LogP contribution in [-0.4, -0.2) is 49.8 Å². The number of rotatable bonds is 7. The summed E-state index contributed by atoms with van der Waals surface area (Å²) in [6.07, 6.45) is 4.29. The number of anilines is 2. The van der Waals surface area contributed by atoms with Gasteiger partial charge in [-0.2, -0.15) is 4.31 Å². The summed E-state index contributed by atoms with van der Waals surface area (Å²) in [7, 11) is 0.00372. The third-order valence-corrected chi connectivity index (χ3v) is 6.77. The first kappa shape index (κ1) is 21.0. The summed E-state index contributed by atoms with van der Waals surface area (Å²) in [4.78, 5) is 17.2. The van der Waals surface area contributed by atoms with Gasteiger partial charge in [-0.1, -0.05) is 12.5 Å². The van der Waals surface area contributed by atoms with Crippen LogP contribution in [0.15, 0.2) is 41.4 Å². The fourth-order valence-electron chi connectivity index (χ4n) is 3.39. The molecular weight excluding hydrogens is 394 g/mol. The maximum Gasteiger partial charge on any atom is 0.293 e. The predicted octanol–water partition coefficient (Wildman–Crippen LogP) is 2.84. The van der Waals surface area contributed by atoms with Crippen molar-refractivity contribution in [3.05, 3.63) is 52.2 Å². The zero-order valence-corrected chi connectivity index (χ0v) is 17.4. The lowest BCUT2D eigenvalue weighted by atomic mass is 10.2. The predicted molar refractivity (Wildman–Crippen MR) is 112 cm³/mol. The summed E-state index contributed by atoms with van der Waals surface area (Å²) in [6, 6.07) is 7.71. The Hall–Kier alpha value is -2.72. The van der Waals surface area contributed by atoms with Crippen molar-refractivity contribution in [3.8, 4) is 0 Å². The minimum Gasteiger partial charge on any atom is -0.375 e. The first-order valence-corrected chi connectivity index (χ1v) is 10.9. The Labute approximate surface area is 170 Å². The molecule has 10 heteroatoms. The van der Waals surface area contributed by atoms with Crippen LogP contribution in [0.4, 0.5) is 17.2 Å². The van der Waals surface area contributed by atoms with Gasteiger partial charge in [0.1, 0.15) is 11.5 Å². The second kappa shape index (κ2) is 8.75. The minimum atomic E-state index is -3.74. The van der Waals surface area contributed by atoms with Gasteiger partial charge in [0.15, 0.2) is 0 Å². The molecule has 0 unspecified atom stereocenters. The van der Waals surface area contributed by atoms with Crippen LogP contribution in [-0.2, 0) is 16.6 Å². The zero-order valence-electron chi connectivity index (χ0n) is 16.5. The molecule has 0 bridgehead atoms. The number of benzene rings is 1. The van der Waals surface area contributed by atoms with E-state index in [1.807, 2.05) is 25.1 Å². The van der Waals surface area contributed by atoms with Crippen LogP contribution in [0.5, 0.6) is 0 Å². The number of nitro groups is 1. The van der Waals surface area contributed by atoms with Crippen molar-refractivity contribution >= 4 is 27.2 Å². The molecule has 1 aromatic carbocycles. The van der Waals surface area contributed by atoms with Crippen LogP contribution in [0.3, 0.4) is 0 Å². The molecule has 156 valence electrons. The fourth-order valence-corrected chi connectivity index (χ4v) is 4.93. The van der Waals surface area contributed by atoms with Gasteiger partial charge in [0.05, 0.1) is 9.82 Å². The molecule has 3 rings (SSSR count). The second-order valence-electron chi connectivity index (χ2n) is 7.13. The Kier molecular flexibility index (Phi) is 6.33. The third-order valence-electron chi connectivity index (χ3n) is 4.88. The van der Waals surface area contributed by atoms with Crippen LogP contribution in [0.25, 0.3) is 0 Å². The number of sulfonamides is 1. The smallest absolute Gasteiger partial charge is 0.293 e. The van der Waals surface area contributed by atoms with Crippen LogP contribution < -0.4 is 10.2 Å². The molecule has 1 aromatic heterocycles. The SMILES string of the molecule is CN(C)c1ncccc1CNc1ccc(S(=O)(=O)N2CCCCC2)cc1[N+](=O)[O-]. The molecule has 0 aliphatic carbocycles. The Morgan fingerprint density at radius 2 is 1.93 bits per heavy atom. The fraction of sp³-hybridized carbons (Fsp3) is 0.421. The van der Waals surface area contributed by atoms with Gasteiger partial charge >= 0.3 is 0 Å². The summed E-state index contributed by atoms with van der Waals surface area (Å²) >= 11 is 0. The Morgan fingerprint density at radius 3 is 2.59 bits per heavy atom. The van der Waals surface area contributed by atoms with Crippen LogP contribution in [0, 0.1) is 10.1 Å². The van der Waals surface area contributed by atoms with Crippen molar-refractivity contribution in [1.82, 2.24) is 9.29 Å². The van der Waals surface area contributed by atoms with E-state index >= 15 is 0 Å². The maximum atomic E-state index is 12.8. The Balaban J connectivity index is 1.86. The van der Waals surface area contributed by atoms with E-state index in [0.717, 1.165) is 36.7 Å². The third kappa shape index (κ3) is 4.65. The molecule has 9 nitrogen and oxygen atoms in total. The van der Waals surface area contributed by atoms with Gasteiger partial charge in [-0.25, -0.2) is 13.4 Å². The molecule has 0 amide bonds. The summed E-state index contributed by atoms with van der Waals surface area (Å²) in [5, 5.41) is 14.6. The molecule has 1 aliphatic heterocycles. The molecule has 1 N–H and O–H groups in total. The van der Waals surface area contributed by atoms with Gasteiger partial charge in [-0.3, -0.25) is 10.1 Å². The van der Waals surface area contributed by atoms with Crippen molar-refractivity contribution < 1.29 is 13.3 Å². The van der Waals surface area contributed by atoms with Gasteiger partial charge in [-0.05, 0) is 31.0 Å². The molecular formula is C19H25N5O4S. The van der Waals surface area contributed by atoms with Crippen molar-refractivity contribution in [3.63, 3.8) is 0 Å². The number of aromatic nitrogens is 1. The zero-order chi connectivity index (χ0) is 21.0. The molecule has 1 fully saturated rings. The summed E-state index contributed by atoms with van der Waals surface area (Å²) in [5.41, 5.74) is 0.872. The standard InChI is InChI=1S/C19H25N5O4S/c1-22(2)19-15(7-6-10-20-19)14-21-17-9-8-16(13-18(17)24(25)26)29(27,28)23-11-4-3-5-12-23/h6-10,13,21H,3-5,11-12,14H2,1-2H3. The molecule has 29 heavy (non-hydrogen) atoms. The average molecular weight is 420 g/mol. The van der Waals surface area contributed by atoms with E-state index in [9.17, 15) is 18.5 Å². The number of nitro benzene ring substituents is 1. The highest BCUT2D eigenvalue weighted by atomic mass is 32.2. The molecule has 0 atom stereocenters. The highest BCUT2D eigenvalue weighted by Gasteiger charge is 2.28. The lowest BCUT2D eigenvalue weighted by Crippen LogP contribution is -2.35. The summed E-state index contributed by atoms with van der Waals surface area (Å²) in [5.74, 6) is 0.756. The van der Waals surface area contributed by atoms with Gasteiger partial charge in [-0.15, -0.1) is 0 Å². The highest BCUT2D eigenvalue weighted by molar-refractivity contribution is 7.89. The minimum absolute atomic E-state index is 0.0491. The summed E-state index contributed by atoms with van der Waals surface area (Å²) in [6.45, 7) is 1.22. The number of hydrogen-bond donors (Lipinski definition) is 1. The molecule has 2 heterocycles. The van der Waals surface area contributed by atoms with E-state index in [4.69, 9.17) is 0 Å². The normalized spacial score (nSPS) is 15.1. The van der Waals surface area contributed by atoms with E-state index in [0.29, 0.717) is 19.6 Å².